The van der Waals surface area contributed by atoms with Crippen molar-refractivity contribution in [3.8, 4) is 0 Å². The average molecular weight is 334 g/mol. The highest BCUT2D eigenvalue weighted by atomic mass is 28.4. The summed E-state index contributed by atoms with van der Waals surface area (Å²) in [5.41, 5.74) is -0.434. The summed E-state index contributed by atoms with van der Waals surface area (Å²) in [5.74, 6) is -0.638. The van der Waals surface area contributed by atoms with Crippen molar-refractivity contribution in [1.82, 2.24) is 5.32 Å². The standard InChI is InChI=1S/C15H31NO5Si/c1-14(2,3)11(21-22(8,9)15(4,5)6)10(12(17)20-7)16-13(18)19/h10-11,16H,1-9H3,(H,18,19)/t10?,11-/m1/s1. The fourth-order valence-corrected chi connectivity index (χ4v) is 3.24. The van der Waals surface area contributed by atoms with E-state index in [0.717, 1.165) is 0 Å². The van der Waals surface area contributed by atoms with E-state index in [1.807, 2.05) is 20.8 Å². The van der Waals surface area contributed by atoms with Gasteiger partial charge in [0.2, 0.25) is 0 Å². The van der Waals surface area contributed by atoms with E-state index in [1.165, 1.54) is 7.11 Å². The smallest absolute Gasteiger partial charge is 0.405 e. The molecule has 0 heterocycles. The molecule has 0 aliphatic rings. The van der Waals surface area contributed by atoms with Gasteiger partial charge in [0, 0.05) is 0 Å². The van der Waals surface area contributed by atoms with Gasteiger partial charge in [-0.3, -0.25) is 0 Å². The topological polar surface area (TPSA) is 84.9 Å². The molecule has 1 unspecified atom stereocenters. The third-order valence-electron chi connectivity index (χ3n) is 4.12. The Labute approximate surface area is 134 Å². The van der Waals surface area contributed by atoms with Crippen LogP contribution in [0.1, 0.15) is 41.5 Å². The predicted molar refractivity (Wildman–Crippen MR) is 88.5 cm³/mol. The molecule has 0 fully saturated rings. The summed E-state index contributed by atoms with van der Waals surface area (Å²) in [6, 6.07) is -1.06. The Hall–Kier alpha value is -1.08. The fraction of sp³-hybridized carbons (Fsp3) is 0.867. The Morgan fingerprint density at radius 2 is 1.55 bits per heavy atom. The molecule has 6 nitrogen and oxygen atoms in total. The number of ether oxygens (including phenoxy) is 1. The van der Waals surface area contributed by atoms with E-state index in [-0.39, 0.29) is 5.04 Å². The van der Waals surface area contributed by atoms with Crippen LogP contribution in [0.5, 0.6) is 0 Å². The number of carbonyl (C=O) groups excluding carboxylic acids is 1. The Balaban J connectivity index is 5.69. The minimum absolute atomic E-state index is 0.0552. The van der Waals surface area contributed by atoms with Gasteiger partial charge in [0.05, 0.1) is 13.2 Å². The molecule has 0 aromatic rings. The van der Waals surface area contributed by atoms with Crippen LogP contribution in [-0.4, -0.2) is 44.7 Å². The molecule has 7 heteroatoms. The summed E-state index contributed by atoms with van der Waals surface area (Å²) >= 11 is 0. The van der Waals surface area contributed by atoms with E-state index in [1.54, 1.807) is 0 Å². The fourth-order valence-electron chi connectivity index (χ4n) is 1.76. The highest BCUT2D eigenvalue weighted by Gasteiger charge is 2.46. The minimum atomic E-state index is -2.19. The molecule has 0 spiro atoms. The molecule has 0 radical (unpaired) electrons. The van der Waals surface area contributed by atoms with E-state index in [0.29, 0.717) is 0 Å². The summed E-state index contributed by atoms with van der Waals surface area (Å²) in [4.78, 5) is 23.1. The van der Waals surface area contributed by atoms with Gasteiger partial charge in [0.15, 0.2) is 14.4 Å². The van der Waals surface area contributed by atoms with Gasteiger partial charge in [-0.2, -0.15) is 0 Å². The molecule has 130 valence electrons. The maximum absolute atomic E-state index is 12.1. The Morgan fingerprint density at radius 1 is 1.09 bits per heavy atom. The number of esters is 1. The van der Waals surface area contributed by atoms with Crippen LogP contribution in [0, 0.1) is 5.41 Å². The number of rotatable bonds is 5. The van der Waals surface area contributed by atoms with Crippen LogP contribution in [0.25, 0.3) is 0 Å². The van der Waals surface area contributed by atoms with Gasteiger partial charge in [-0.15, -0.1) is 0 Å². The van der Waals surface area contributed by atoms with Gasteiger partial charge >= 0.3 is 12.1 Å². The Kier molecular flexibility index (Phi) is 6.65. The molecular formula is C15H31NO5Si. The lowest BCUT2D eigenvalue weighted by Gasteiger charge is -2.45. The summed E-state index contributed by atoms with van der Waals surface area (Å²) < 4.78 is 11.1. The van der Waals surface area contributed by atoms with Gasteiger partial charge < -0.3 is 19.6 Å². The second-order valence-corrected chi connectivity index (χ2v) is 12.9. The Morgan fingerprint density at radius 3 is 1.82 bits per heavy atom. The quantitative estimate of drug-likeness (QED) is 0.596. The van der Waals surface area contributed by atoms with E-state index in [4.69, 9.17) is 14.3 Å². The molecule has 1 amide bonds. The van der Waals surface area contributed by atoms with Crippen LogP contribution in [0.3, 0.4) is 0 Å². The molecule has 0 aromatic heterocycles. The molecule has 0 aromatic carbocycles. The lowest BCUT2D eigenvalue weighted by molar-refractivity contribution is -0.147. The number of hydrogen-bond donors (Lipinski definition) is 2. The number of carbonyl (C=O) groups is 2. The van der Waals surface area contributed by atoms with Crippen LogP contribution in [0.15, 0.2) is 0 Å². The second kappa shape index (κ2) is 7.00. The third kappa shape index (κ3) is 5.60. The van der Waals surface area contributed by atoms with Crippen LogP contribution in [-0.2, 0) is 14.0 Å². The van der Waals surface area contributed by atoms with E-state index >= 15 is 0 Å². The lowest BCUT2D eigenvalue weighted by atomic mass is 9.84. The highest BCUT2D eigenvalue weighted by Crippen LogP contribution is 2.40. The summed E-state index contributed by atoms with van der Waals surface area (Å²) in [6.07, 6.45) is -1.89. The average Bonchev–Trinajstić information content (AvgIpc) is 2.29. The molecule has 0 saturated carbocycles. The first-order valence-electron chi connectivity index (χ1n) is 7.38. The van der Waals surface area contributed by atoms with Gasteiger partial charge in [-0.05, 0) is 23.5 Å². The minimum Gasteiger partial charge on any atom is -0.467 e. The molecular weight excluding hydrogens is 302 g/mol. The molecule has 2 N–H and O–H groups in total. The van der Waals surface area contributed by atoms with Crippen molar-refractivity contribution < 1.29 is 23.9 Å². The summed E-state index contributed by atoms with van der Waals surface area (Å²) in [5, 5.41) is 11.2. The maximum Gasteiger partial charge on any atom is 0.405 e. The van der Waals surface area contributed by atoms with Crippen molar-refractivity contribution in [3.05, 3.63) is 0 Å². The zero-order valence-electron chi connectivity index (χ0n) is 15.2. The van der Waals surface area contributed by atoms with E-state index in [2.05, 4.69) is 39.2 Å². The highest BCUT2D eigenvalue weighted by molar-refractivity contribution is 6.74. The van der Waals surface area contributed by atoms with Crippen LogP contribution in [0.2, 0.25) is 18.1 Å². The van der Waals surface area contributed by atoms with Gasteiger partial charge in [-0.25, -0.2) is 9.59 Å². The third-order valence-corrected chi connectivity index (χ3v) is 8.57. The first kappa shape index (κ1) is 20.9. The maximum atomic E-state index is 12.1. The molecule has 2 atom stereocenters. The second-order valence-electron chi connectivity index (χ2n) is 8.12. The van der Waals surface area contributed by atoms with Gasteiger partial charge in [-0.1, -0.05) is 41.5 Å². The number of hydrogen-bond acceptors (Lipinski definition) is 4. The van der Waals surface area contributed by atoms with Gasteiger partial charge in [0.25, 0.3) is 0 Å². The first-order valence-corrected chi connectivity index (χ1v) is 10.3. The van der Waals surface area contributed by atoms with Crippen LogP contribution >= 0.6 is 0 Å². The predicted octanol–water partition coefficient (Wildman–Crippen LogP) is 3.23. The van der Waals surface area contributed by atoms with E-state index in [9.17, 15) is 9.59 Å². The molecule has 0 saturated heterocycles. The Bertz CT molecular complexity index is 409. The molecule has 0 aliphatic carbocycles. The van der Waals surface area contributed by atoms with Crippen LogP contribution in [0.4, 0.5) is 4.79 Å². The summed E-state index contributed by atoms with van der Waals surface area (Å²) in [6.45, 7) is 16.2. The number of amides is 1. The zero-order valence-corrected chi connectivity index (χ0v) is 16.2. The van der Waals surface area contributed by atoms with Crippen molar-refractivity contribution >= 4 is 20.4 Å². The normalized spacial score (nSPS) is 15.9. The SMILES string of the molecule is COC(=O)C(NC(=O)O)[C@@H](O[Si](C)(C)C(C)(C)C)C(C)(C)C. The van der Waals surface area contributed by atoms with Crippen molar-refractivity contribution in [3.63, 3.8) is 0 Å². The van der Waals surface area contributed by atoms with Crippen molar-refractivity contribution in [1.29, 1.82) is 0 Å². The van der Waals surface area contributed by atoms with Gasteiger partial charge in [0.1, 0.15) is 0 Å². The monoisotopic (exact) mass is 333 g/mol. The zero-order chi connectivity index (χ0) is 17.9. The molecule has 0 bridgehead atoms. The largest absolute Gasteiger partial charge is 0.467 e. The number of carboxylic acid groups (broad SMARTS) is 1. The molecule has 0 rings (SSSR count). The summed E-state index contributed by atoms with van der Waals surface area (Å²) in [7, 11) is -0.950. The molecule has 22 heavy (non-hydrogen) atoms. The van der Waals surface area contributed by atoms with Crippen molar-refractivity contribution in [2.24, 2.45) is 5.41 Å². The first-order chi connectivity index (χ1) is 9.63. The van der Waals surface area contributed by atoms with Crippen LogP contribution < -0.4 is 5.32 Å². The number of nitrogens with one attached hydrogen (secondary N) is 1. The van der Waals surface area contributed by atoms with E-state index < -0.39 is 37.9 Å². The van der Waals surface area contributed by atoms with Crippen molar-refractivity contribution in [2.45, 2.75) is 71.8 Å². The lowest BCUT2D eigenvalue weighted by Crippen LogP contribution is -2.59. The molecule has 0 aliphatic heterocycles. The van der Waals surface area contributed by atoms with Crippen molar-refractivity contribution in [2.75, 3.05) is 7.11 Å². The number of methoxy groups -OCH3 is 1.